The second-order valence-electron chi connectivity index (χ2n) is 5.77. The van der Waals surface area contributed by atoms with Crippen molar-refractivity contribution in [3.63, 3.8) is 0 Å². The molecule has 7 heteroatoms. The lowest BCUT2D eigenvalue weighted by atomic mass is 10.2. The Bertz CT molecular complexity index is 1000. The molecule has 3 rings (SSSR count). The summed E-state index contributed by atoms with van der Waals surface area (Å²) in [5, 5.41) is 3.89. The van der Waals surface area contributed by atoms with Crippen LogP contribution in [0.3, 0.4) is 0 Å². The van der Waals surface area contributed by atoms with Crippen molar-refractivity contribution < 1.29 is 4.79 Å². The van der Waals surface area contributed by atoms with E-state index in [0.717, 1.165) is 11.3 Å². The number of amides is 1. The van der Waals surface area contributed by atoms with E-state index in [4.69, 9.17) is 11.6 Å². The molecule has 1 amide bonds. The minimum absolute atomic E-state index is 0.0973. The molecule has 0 unspecified atom stereocenters. The van der Waals surface area contributed by atoms with Crippen molar-refractivity contribution in [1.82, 2.24) is 14.5 Å². The number of nitrogens with one attached hydrogen (secondary N) is 2. The van der Waals surface area contributed by atoms with Crippen LogP contribution in [0.4, 0.5) is 5.69 Å². The van der Waals surface area contributed by atoms with E-state index in [-0.39, 0.29) is 18.0 Å². The third-order valence-corrected chi connectivity index (χ3v) is 4.07. The first-order chi connectivity index (χ1) is 11.3. The quantitative estimate of drug-likeness (QED) is 0.766. The Kier molecular flexibility index (Phi) is 4.15. The molecule has 0 saturated carbocycles. The van der Waals surface area contributed by atoms with Gasteiger partial charge in [-0.3, -0.25) is 14.2 Å². The van der Waals surface area contributed by atoms with Crippen molar-refractivity contribution in [3.05, 3.63) is 56.7 Å². The highest BCUT2D eigenvalue weighted by Gasteiger charge is 2.13. The van der Waals surface area contributed by atoms with Crippen molar-refractivity contribution in [2.45, 2.75) is 27.3 Å². The van der Waals surface area contributed by atoms with E-state index in [1.807, 2.05) is 13.8 Å². The monoisotopic (exact) mass is 344 g/mol. The normalized spacial score (nSPS) is 11.0. The Morgan fingerprint density at radius 3 is 2.75 bits per heavy atom. The average Bonchev–Trinajstić information content (AvgIpc) is 2.87. The summed E-state index contributed by atoms with van der Waals surface area (Å²) < 4.78 is 1.37. The van der Waals surface area contributed by atoms with Crippen molar-refractivity contribution in [2.24, 2.45) is 0 Å². The Morgan fingerprint density at radius 1 is 1.29 bits per heavy atom. The zero-order valence-corrected chi connectivity index (χ0v) is 14.4. The maximum absolute atomic E-state index is 12.6. The highest BCUT2D eigenvalue weighted by molar-refractivity contribution is 6.30. The Hall–Kier alpha value is -2.60. The van der Waals surface area contributed by atoms with Crippen LogP contribution < -0.4 is 10.9 Å². The van der Waals surface area contributed by atoms with E-state index in [1.54, 1.807) is 31.2 Å². The fourth-order valence-electron chi connectivity index (χ4n) is 2.63. The average molecular weight is 345 g/mol. The minimum atomic E-state index is -0.293. The molecule has 2 heterocycles. The van der Waals surface area contributed by atoms with Gasteiger partial charge in [-0.15, -0.1) is 0 Å². The molecule has 0 aliphatic heterocycles. The number of fused-ring (bicyclic) bond motifs is 1. The number of aromatic nitrogens is 3. The van der Waals surface area contributed by atoms with Crippen LogP contribution in [0, 0.1) is 20.8 Å². The number of hydrogen-bond donors (Lipinski definition) is 2. The number of anilines is 1. The first-order valence-corrected chi connectivity index (χ1v) is 7.85. The van der Waals surface area contributed by atoms with Gasteiger partial charge in [0.15, 0.2) is 0 Å². The highest BCUT2D eigenvalue weighted by Crippen LogP contribution is 2.19. The lowest BCUT2D eigenvalue weighted by Crippen LogP contribution is -2.30. The van der Waals surface area contributed by atoms with Crippen LogP contribution in [0.2, 0.25) is 5.02 Å². The summed E-state index contributed by atoms with van der Waals surface area (Å²) in [6.45, 7) is 5.32. The molecule has 0 aliphatic rings. The number of H-pyrrole nitrogens is 1. The van der Waals surface area contributed by atoms with Gasteiger partial charge in [-0.2, -0.15) is 0 Å². The first kappa shape index (κ1) is 16.3. The van der Waals surface area contributed by atoms with Crippen LogP contribution in [0.25, 0.3) is 11.0 Å². The van der Waals surface area contributed by atoms with E-state index < -0.39 is 0 Å². The standard InChI is InChI=1S/C17H17ClN4O2/c1-9-6-12(18)4-5-14(9)21-15(23)8-22-11(3)20-16-13(17(22)24)7-10(2)19-16/h4-7,19H,8H2,1-3H3,(H,21,23). The number of rotatable bonds is 3. The summed E-state index contributed by atoms with van der Waals surface area (Å²) in [6, 6.07) is 6.95. The van der Waals surface area contributed by atoms with Gasteiger partial charge in [0, 0.05) is 16.4 Å². The molecule has 6 nitrogen and oxygen atoms in total. The van der Waals surface area contributed by atoms with E-state index in [2.05, 4.69) is 15.3 Å². The Balaban J connectivity index is 1.89. The molecule has 0 fully saturated rings. The second-order valence-corrected chi connectivity index (χ2v) is 6.21. The summed E-state index contributed by atoms with van der Waals surface area (Å²) >= 11 is 5.91. The maximum atomic E-state index is 12.6. The molecule has 2 N–H and O–H groups in total. The predicted molar refractivity (Wildman–Crippen MR) is 94.6 cm³/mol. The third kappa shape index (κ3) is 3.05. The summed E-state index contributed by atoms with van der Waals surface area (Å²) in [7, 11) is 0. The van der Waals surface area contributed by atoms with Crippen LogP contribution in [0.5, 0.6) is 0 Å². The smallest absolute Gasteiger partial charge is 0.263 e. The van der Waals surface area contributed by atoms with Gasteiger partial charge in [0.2, 0.25) is 5.91 Å². The van der Waals surface area contributed by atoms with E-state index in [0.29, 0.717) is 27.6 Å². The van der Waals surface area contributed by atoms with Gasteiger partial charge in [-0.25, -0.2) is 4.98 Å². The molecular formula is C17H17ClN4O2. The molecule has 0 atom stereocenters. The zero-order chi connectivity index (χ0) is 17.4. The van der Waals surface area contributed by atoms with Gasteiger partial charge in [0.05, 0.1) is 5.39 Å². The summed E-state index contributed by atoms with van der Waals surface area (Å²) in [6.07, 6.45) is 0. The van der Waals surface area contributed by atoms with Crippen molar-refractivity contribution in [1.29, 1.82) is 0 Å². The number of carbonyl (C=O) groups is 1. The number of carbonyl (C=O) groups excluding carboxylic acids is 1. The van der Waals surface area contributed by atoms with Crippen molar-refractivity contribution in [2.75, 3.05) is 5.32 Å². The summed E-state index contributed by atoms with van der Waals surface area (Å²) in [5.74, 6) is 0.191. The maximum Gasteiger partial charge on any atom is 0.263 e. The Labute approximate surface area is 143 Å². The predicted octanol–water partition coefficient (Wildman–Crippen LogP) is 2.94. The number of benzene rings is 1. The molecule has 0 saturated heterocycles. The number of halogens is 1. The van der Waals surface area contributed by atoms with Gasteiger partial charge in [0.25, 0.3) is 5.56 Å². The van der Waals surface area contributed by atoms with Crippen LogP contribution in [-0.4, -0.2) is 20.4 Å². The zero-order valence-electron chi connectivity index (χ0n) is 13.6. The Morgan fingerprint density at radius 2 is 2.04 bits per heavy atom. The largest absolute Gasteiger partial charge is 0.343 e. The molecule has 0 bridgehead atoms. The number of aromatic amines is 1. The second kappa shape index (κ2) is 6.13. The fraction of sp³-hybridized carbons (Fsp3) is 0.235. The SMILES string of the molecule is Cc1cc2c(=O)n(CC(=O)Nc3ccc(Cl)cc3C)c(C)nc2[nH]1. The summed E-state index contributed by atoms with van der Waals surface area (Å²) in [4.78, 5) is 32.3. The van der Waals surface area contributed by atoms with Gasteiger partial charge >= 0.3 is 0 Å². The van der Waals surface area contributed by atoms with Crippen molar-refractivity contribution >= 4 is 34.2 Å². The first-order valence-electron chi connectivity index (χ1n) is 7.48. The number of nitrogens with zero attached hydrogens (tertiary/aromatic N) is 2. The van der Waals surface area contributed by atoms with Gasteiger partial charge < -0.3 is 10.3 Å². The fourth-order valence-corrected chi connectivity index (χ4v) is 2.85. The number of hydrogen-bond acceptors (Lipinski definition) is 3. The van der Waals surface area contributed by atoms with Crippen LogP contribution in [-0.2, 0) is 11.3 Å². The summed E-state index contributed by atoms with van der Waals surface area (Å²) in [5.41, 5.74) is 2.69. The molecule has 3 aromatic rings. The highest BCUT2D eigenvalue weighted by atomic mass is 35.5. The van der Waals surface area contributed by atoms with Gasteiger partial charge in [0.1, 0.15) is 18.0 Å². The molecule has 0 radical (unpaired) electrons. The van der Waals surface area contributed by atoms with E-state index >= 15 is 0 Å². The lowest BCUT2D eigenvalue weighted by Gasteiger charge is -2.11. The molecule has 1 aromatic carbocycles. The molecular weight excluding hydrogens is 328 g/mol. The molecule has 124 valence electrons. The lowest BCUT2D eigenvalue weighted by molar-refractivity contribution is -0.116. The molecule has 0 spiro atoms. The number of aryl methyl sites for hydroxylation is 3. The minimum Gasteiger partial charge on any atom is -0.343 e. The van der Waals surface area contributed by atoms with Gasteiger partial charge in [-0.05, 0) is 50.6 Å². The van der Waals surface area contributed by atoms with Crippen molar-refractivity contribution in [3.8, 4) is 0 Å². The molecule has 0 aliphatic carbocycles. The van der Waals surface area contributed by atoms with Gasteiger partial charge in [-0.1, -0.05) is 11.6 Å². The molecule has 2 aromatic heterocycles. The third-order valence-electron chi connectivity index (χ3n) is 3.84. The molecule has 24 heavy (non-hydrogen) atoms. The van der Waals surface area contributed by atoms with Crippen LogP contribution >= 0.6 is 11.6 Å². The topological polar surface area (TPSA) is 79.8 Å². The van der Waals surface area contributed by atoms with E-state index in [9.17, 15) is 9.59 Å². The van der Waals surface area contributed by atoms with Crippen LogP contribution in [0.1, 0.15) is 17.1 Å². The van der Waals surface area contributed by atoms with Crippen LogP contribution in [0.15, 0.2) is 29.1 Å². The van der Waals surface area contributed by atoms with E-state index in [1.165, 1.54) is 4.57 Å².